The van der Waals surface area contributed by atoms with Crippen molar-refractivity contribution < 1.29 is 0 Å². The van der Waals surface area contributed by atoms with E-state index in [9.17, 15) is 0 Å². The van der Waals surface area contributed by atoms with Crippen molar-refractivity contribution in [2.75, 3.05) is 0 Å². The summed E-state index contributed by atoms with van der Waals surface area (Å²) in [5.74, 6) is 1.43. The van der Waals surface area contributed by atoms with Crippen LogP contribution in [0.15, 0.2) is 24.3 Å². The van der Waals surface area contributed by atoms with Crippen LogP contribution in [-0.4, -0.2) is 9.55 Å². The van der Waals surface area contributed by atoms with Gasteiger partial charge < -0.3 is 10.3 Å². The van der Waals surface area contributed by atoms with E-state index in [1.165, 1.54) is 11.9 Å². The lowest BCUT2D eigenvalue weighted by Gasteiger charge is -2.17. The highest BCUT2D eigenvalue weighted by molar-refractivity contribution is 5.76. The van der Waals surface area contributed by atoms with Crippen LogP contribution in [-0.2, 0) is 6.54 Å². The van der Waals surface area contributed by atoms with Gasteiger partial charge in [-0.2, -0.15) is 0 Å². The van der Waals surface area contributed by atoms with Crippen LogP contribution in [0.1, 0.15) is 45.5 Å². The van der Waals surface area contributed by atoms with Gasteiger partial charge >= 0.3 is 0 Å². The van der Waals surface area contributed by atoms with Crippen LogP contribution in [0.2, 0.25) is 0 Å². The minimum Gasteiger partial charge on any atom is -0.327 e. The summed E-state index contributed by atoms with van der Waals surface area (Å²) in [7, 11) is 0. The molecule has 0 spiro atoms. The molecule has 3 nitrogen and oxygen atoms in total. The van der Waals surface area contributed by atoms with Gasteiger partial charge in [0.1, 0.15) is 5.82 Å². The maximum Gasteiger partial charge on any atom is 0.127 e. The van der Waals surface area contributed by atoms with Gasteiger partial charge in [-0.3, -0.25) is 0 Å². The largest absolute Gasteiger partial charge is 0.327 e. The van der Waals surface area contributed by atoms with E-state index in [2.05, 4.69) is 43.5 Å². The molecule has 2 rings (SSSR count). The molecule has 1 heterocycles. The zero-order chi connectivity index (χ0) is 13.1. The van der Waals surface area contributed by atoms with Crippen LogP contribution in [0.25, 0.3) is 11.0 Å². The van der Waals surface area contributed by atoms with Crippen molar-refractivity contribution >= 4 is 11.0 Å². The number of unbranched alkanes of at least 4 members (excludes halogenated alkanes) is 1. The summed E-state index contributed by atoms with van der Waals surface area (Å²) in [5.41, 5.74) is 8.55. The summed E-state index contributed by atoms with van der Waals surface area (Å²) in [6.45, 7) is 7.51. The Balaban J connectivity index is 2.49. The Morgan fingerprint density at radius 1 is 1.28 bits per heavy atom. The zero-order valence-corrected chi connectivity index (χ0v) is 11.6. The Bertz CT molecular complexity index is 513. The Morgan fingerprint density at radius 2 is 2.00 bits per heavy atom. The maximum absolute atomic E-state index is 6.29. The fourth-order valence-electron chi connectivity index (χ4n) is 2.20. The lowest BCUT2D eigenvalue weighted by Crippen LogP contribution is -2.21. The minimum absolute atomic E-state index is 0.00857. The third-order valence-electron chi connectivity index (χ3n) is 3.44. The number of para-hydroxylation sites is 2. The molecular formula is C15H23N3. The molecule has 3 heteroatoms. The fraction of sp³-hybridized carbons (Fsp3) is 0.533. The van der Waals surface area contributed by atoms with Gasteiger partial charge in [-0.05, 0) is 24.5 Å². The van der Waals surface area contributed by atoms with Crippen LogP contribution >= 0.6 is 0 Å². The zero-order valence-electron chi connectivity index (χ0n) is 11.6. The Kier molecular flexibility index (Phi) is 4.02. The highest BCUT2D eigenvalue weighted by atomic mass is 15.1. The number of benzene rings is 1. The number of aryl methyl sites for hydroxylation is 1. The smallest absolute Gasteiger partial charge is 0.127 e. The van der Waals surface area contributed by atoms with Gasteiger partial charge in [-0.25, -0.2) is 4.98 Å². The number of aromatic nitrogens is 2. The van der Waals surface area contributed by atoms with Crippen molar-refractivity contribution in [3.05, 3.63) is 30.1 Å². The summed E-state index contributed by atoms with van der Waals surface area (Å²) in [6.07, 6.45) is 2.35. The second kappa shape index (κ2) is 5.53. The molecule has 1 atom stereocenters. The number of hydrogen-bond donors (Lipinski definition) is 1. The average Bonchev–Trinajstić information content (AvgIpc) is 2.73. The highest BCUT2D eigenvalue weighted by Gasteiger charge is 2.19. The average molecular weight is 245 g/mol. The van der Waals surface area contributed by atoms with E-state index in [1.54, 1.807) is 0 Å². The number of imidazole rings is 1. The molecule has 0 saturated carbocycles. The molecule has 0 aliphatic heterocycles. The minimum atomic E-state index is 0.00857. The molecule has 0 aliphatic rings. The number of nitrogens with two attached hydrogens (primary N) is 1. The van der Waals surface area contributed by atoms with Crippen molar-refractivity contribution in [2.45, 2.75) is 46.2 Å². The second-order valence-electron chi connectivity index (χ2n) is 5.23. The van der Waals surface area contributed by atoms with E-state index in [-0.39, 0.29) is 6.04 Å². The second-order valence-corrected chi connectivity index (χ2v) is 5.23. The van der Waals surface area contributed by atoms with E-state index >= 15 is 0 Å². The van der Waals surface area contributed by atoms with Crippen LogP contribution in [0.5, 0.6) is 0 Å². The molecule has 0 saturated heterocycles. The van der Waals surface area contributed by atoms with Gasteiger partial charge in [0.2, 0.25) is 0 Å². The predicted molar refractivity (Wildman–Crippen MR) is 76.4 cm³/mol. The first kappa shape index (κ1) is 13.1. The monoisotopic (exact) mass is 245 g/mol. The van der Waals surface area contributed by atoms with Crippen molar-refractivity contribution in [2.24, 2.45) is 11.7 Å². The first-order valence-corrected chi connectivity index (χ1v) is 6.86. The van der Waals surface area contributed by atoms with Crippen LogP contribution in [0.3, 0.4) is 0 Å². The molecule has 0 amide bonds. The van der Waals surface area contributed by atoms with E-state index < -0.39 is 0 Å². The maximum atomic E-state index is 6.29. The van der Waals surface area contributed by atoms with Gasteiger partial charge in [-0.15, -0.1) is 0 Å². The number of fused-ring (bicyclic) bond motifs is 1. The highest BCUT2D eigenvalue weighted by Crippen LogP contribution is 2.24. The quantitative estimate of drug-likeness (QED) is 0.876. The molecule has 2 N–H and O–H groups in total. The van der Waals surface area contributed by atoms with E-state index in [1.807, 2.05) is 6.07 Å². The standard InChI is InChI=1S/C15H23N3/c1-4-5-10-18-13-9-7-6-8-12(13)17-15(18)14(16)11(2)3/h6-9,11,14H,4-5,10,16H2,1-3H3. The molecule has 1 unspecified atom stereocenters. The van der Waals surface area contributed by atoms with Gasteiger partial charge in [-0.1, -0.05) is 39.3 Å². The lowest BCUT2D eigenvalue weighted by molar-refractivity contribution is 0.464. The molecule has 1 aromatic carbocycles. The summed E-state index contributed by atoms with van der Waals surface area (Å²) in [5, 5.41) is 0. The number of hydrogen-bond acceptors (Lipinski definition) is 2. The molecule has 18 heavy (non-hydrogen) atoms. The van der Waals surface area contributed by atoms with Crippen molar-refractivity contribution in [3.63, 3.8) is 0 Å². The van der Waals surface area contributed by atoms with Crippen molar-refractivity contribution in [1.29, 1.82) is 0 Å². The molecule has 0 fully saturated rings. The first-order valence-electron chi connectivity index (χ1n) is 6.86. The summed E-state index contributed by atoms with van der Waals surface area (Å²) >= 11 is 0. The molecule has 1 aromatic heterocycles. The molecule has 0 bridgehead atoms. The summed E-state index contributed by atoms with van der Waals surface area (Å²) in [6, 6.07) is 8.30. The number of nitrogens with zero attached hydrogens (tertiary/aromatic N) is 2. The Hall–Kier alpha value is -1.35. The summed E-state index contributed by atoms with van der Waals surface area (Å²) < 4.78 is 2.30. The molecule has 0 radical (unpaired) electrons. The van der Waals surface area contributed by atoms with E-state index in [0.717, 1.165) is 24.3 Å². The topological polar surface area (TPSA) is 43.8 Å². The van der Waals surface area contributed by atoms with Crippen molar-refractivity contribution in [3.8, 4) is 0 Å². The van der Waals surface area contributed by atoms with Gasteiger partial charge in [0.05, 0.1) is 17.1 Å². The van der Waals surface area contributed by atoms with Crippen LogP contribution in [0, 0.1) is 5.92 Å². The normalized spacial score (nSPS) is 13.4. The van der Waals surface area contributed by atoms with Gasteiger partial charge in [0, 0.05) is 6.54 Å². The van der Waals surface area contributed by atoms with Crippen LogP contribution < -0.4 is 5.73 Å². The lowest BCUT2D eigenvalue weighted by atomic mass is 10.1. The number of rotatable bonds is 5. The molecule has 0 aliphatic carbocycles. The van der Waals surface area contributed by atoms with Gasteiger partial charge in [0.25, 0.3) is 0 Å². The molecule has 2 aromatic rings. The first-order chi connectivity index (χ1) is 8.65. The summed E-state index contributed by atoms with van der Waals surface area (Å²) in [4.78, 5) is 4.72. The molecular weight excluding hydrogens is 222 g/mol. The molecule has 98 valence electrons. The third-order valence-corrected chi connectivity index (χ3v) is 3.44. The SMILES string of the molecule is CCCCn1c(C(N)C(C)C)nc2ccccc21. The third kappa shape index (κ3) is 2.41. The van der Waals surface area contributed by atoms with E-state index in [0.29, 0.717) is 5.92 Å². The Morgan fingerprint density at radius 3 is 2.67 bits per heavy atom. The van der Waals surface area contributed by atoms with Crippen molar-refractivity contribution in [1.82, 2.24) is 9.55 Å². The van der Waals surface area contributed by atoms with Gasteiger partial charge in [0.15, 0.2) is 0 Å². The fourth-order valence-corrected chi connectivity index (χ4v) is 2.20. The van der Waals surface area contributed by atoms with Crippen LogP contribution in [0.4, 0.5) is 0 Å². The van der Waals surface area contributed by atoms with E-state index in [4.69, 9.17) is 10.7 Å². The Labute approximate surface area is 109 Å². The predicted octanol–water partition coefficient (Wildman–Crippen LogP) is 3.49.